The first-order chi connectivity index (χ1) is 8.26. The molecule has 0 spiro atoms. The molecule has 1 rings (SSSR count). The lowest BCUT2D eigenvalue weighted by atomic mass is 10.2. The van der Waals surface area contributed by atoms with Gasteiger partial charge >= 0.3 is 5.97 Å². The molecule has 94 valence electrons. The van der Waals surface area contributed by atoms with Gasteiger partial charge in [0.2, 0.25) is 0 Å². The Bertz CT molecular complexity index is 338. The van der Waals surface area contributed by atoms with E-state index in [1.807, 2.05) is 12.1 Å². The van der Waals surface area contributed by atoms with E-state index in [2.05, 4.69) is 0 Å². The van der Waals surface area contributed by atoms with E-state index < -0.39 is 0 Å². The Hall–Kier alpha value is -1.06. The quantitative estimate of drug-likeness (QED) is 0.353. The van der Waals surface area contributed by atoms with Crippen LogP contribution in [0.4, 0.5) is 0 Å². The van der Waals surface area contributed by atoms with Crippen LogP contribution < -0.4 is 10.5 Å². The number of ether oxygens (including phenoxy) is 1. The van der Waals surface area contributed by atoms with E-state index in [0.717, 1.165) is 24.8 Å². The number of halogens is 1. The number of hydrogen-bond acceptors (Lipinski definition) is 3. The predicted octanol–water partition coefficient (Wildman–Crippen LogP) is 2.85. The molecule has 1 aromatic rings. The van der Waals surface area contributed by atoms with Gasteiger partial charge in [0.1, 0.15) is 5.75 Å². The van der Waals surface area contributed by atoms with Crippen molar-refractivity contribution in [3.63, 3.8) is 0 Å². The normalized spacial score (nSPS) is 10.2. The van der Waals surface area contributed by atoms with Crippen molar-refractivity contribution in [2.45, 2.75) is 31.6 Å². The molecule has 0 saturated carbocycles. The van der Waals surface area contributed by atoms with E-state index in [1.165, 1.54) is 0 Å². The third-order valence-corrected chi connectivity index (χ3v) is 2.70. The molecule has 0 amide bonds. The summed E-state index contributed by atoms with van der Waals surface area (Å²) in [7, 11) is 0. The molecule has 0 aliphatic heterocycles. The van der Waals surface area contributed by atoms with Crippen molar-refractivity contribution in [1.29, 1.82) is 0 Å². The second-order valence-corrected chi connectivity index (χ2v) is 4.12. The molecule has 3 nitrogen and oxygen atoms in total. The maximum atomic E-state index is 11.5. The topological polar surface area (TPSA) is 52.3 Å². The van der Waals surface area contributed by atoms with Crippen molar-refractivity contribution < 1.29 is 9.53 Å². The van der Waals surface area contributed by atoms with Crippen molar-refractivity contribution in [2.24, 2.45) is 5.73 Å². The molecule has 0 unspecified atom stereocenters. The number of unbranched alkanes of at least 4 members (excludes halogenated alkanes) is 2. The van der Waals surface area contributed by atoms with Gasteiger partial charge in [-0.05, 0) is 37.1 Å². The van der Waals surface area contributed by atoms with Gasteiger partial charge in [0.15, 0.2) is 0 Å². The second kappa shape index (κ2) is 8.09. The monoisotopic (exact) mass is 255 g/mol. The van der Waals surface area contributed by atoms with Gasteiger partial charge in [-0.2, -0.15) is 0 Å². The zero-order valence-corrected chi connectivity index (χ0v) is 10.6. The summed E-state index contributed by atoms with van der Waals surface area (Å²) in [6.45, 7) is 0.676. The summed E-state index contributed by atoms with van der Waals surface area (Å²) >= 11 is 5.67. The highest BCUT2D eigenvalue weighted by atomic mass is 35.5. The van der Waals surface area contributed by atoms with E-state index in [-0.39, 0.29) is 5.97 Å². The van der Waals surface area contributed by atoms with Crippen LogP contribution in [0.3, 0.4) is 0 Å². The Labute approximate surface area is 107 Å². The first-order valence-electron chi connectivity index (χ1n) is 5.82. The Kier molecular flexibility index (Phi) is 6.67. The summed E-state index contributed by atoms with van der Waals surface area (Å²) in [6, 6.07) is 7.22. The van der Waals surface area contributed by atoms with Crippen LogP contribution in [0.25, 0.3) is 0 Å². The van der Waals surface area contributed by atoms with Crippen LogP contribution >= 0.6 is 11.6 Å². The van der Waals surface area contributed by atoms with Gasteiger partial charge in [0, 0.05) is 12.3 Å². The van der Waals surface area contributed by atoms with E-state index in [0.29, 0.717) is 24.6 Å². The maximum Gasteiger partial charge on any atom is 0.311 e. The first-order valence-corrected chi connectivity index (χ1v) is 6.35. The molecule has 0 fully saturated rings. The van der Waals surface area contributed by atoms with Crippen molar-refractivity contribution in [3.8, 4) is 5.75 Å². The Morgan fingerprint density at radius 2 is 1.88 bits per heavy atom. The van der Waals surface area contributed by atoms with Gasteiger partial charge in [0.05, 0.1) is 0 Å². The standard InChI is InChI=1S/C13H18ClNO2/c14-10-11-5-7-12(8-6-11)17-13(16)4-2-1-3-9-15/h5-8H,1-4,9-10,15H2. The summed E-state index contributed by atoms with van der Waals surface area (Å²) in [6.07, 6.45) is 3.20. The lowest BCUT2D eigenvalue weighted by Gasteiger charge is -2.04. The number of benzene rings is 1. The molecule has 17 heavy (non-hydrogen) atoms. The average Bonchev–Trinajstić information content (AvgIpc) is 2.36. The minimum atomic E-state index is -0.194. The van der Waals surface area contributed by atoms with Gasteiger partial charge in [-0.3, -0.25) is 4.79 Å². The highest BCUT2D eigenvalue weighted by molar-refractivity contribution is 6.17. The number of esters is 1. The molecule has 0 atom stereocenters. The van der Waals surface area contributed by atoms with E-state index in [9.17, 15) is 4.79 Å². The molecule has 0 radical (unpaired) electrons. The Balaban J connectivity index is 2.29. The highest BCUT2D eigenvalue weighted by Crippen LogP contribution is 2.14. The molecular weight excluding hydrogens is 238 g/mol. The maximum absolute atomic E-state index is 11.5. The van der Waals surface area contributed by atoms with E-state index in [4.69, 9.17) is 22.1 Å². The van der Waals surface area contributed by atoms with Gasteiger partial charge in [0.25, 0.3) is 0 Å². The van der Waals surface area contributed by atoms with Crippen LogP contribution in [0.2, 0.25) is 0 Å². The number of hydrogen-bond donors (Lipinski definition) is 1. The molecule has 0 aromatic heterocycles. The highest BCUT2D eigenvalue weighted by Gasteiger charge is 2.04. The molecule has 4 heteroatoms. The number of carbonyl (C=O) groups is 1. The number of nitrogens with two attached hydrogens (primary N) is 1. The van der Waals surface area contributed by atoms with Gasteiger partial charge in [-0.1, -0.05) is 18.6 Å². The molecular formula is C13H18ClNO2. The van der Waals surface area contributed by atoms with Crippen LogP contribution in [-0.4, -0.2) is 12.5 Å². The van der Waals surface area contributed by atoms with E-state index >= 15 is 0 Å². The van der Waals surface area contributed by atoms with Crippen LogP contribution in [-0.2, 0) is 10.7 Å². The zero-order chi connectivity index (χ0) is 12.5. The Morgan fingerprint density at radius 3 is 2.47 bits per heavy atom. The SMILES string of the molecule is NCCCCCC(=O)Oc1ccc(CCl)cc1. The van der Waals surface area contributed by atoms with Crippen molar-refractivity contribution in [2.75, 3.05) is 6.54 Å². The predicted molar refractivity (Wildman–Crippen MR) is 69.2 cm³/mol. The number of carbonyl (C=O) groups excluding carboxylic acids is 1. The second-order valence-electron chi connectivity index (χ2n) is 3.85. The Morgan fingerprint density at radius 1 is 1.18 bits per heavy atom. The smallest absolute Gasteiger partial charge is 0.311 e. The van der Waals surface area contributed by atoms with E-state index in [1.54, 1.807) is 12.1 Å². The molecule has 1 aromatic carbocycles. The van der Waals surface area contributed by atoms with Crippen molar-refractivity contribution >= 4 is 17.6 Å². The van der Waals surface area contributed by atoms with Crippen LogP contribution in [0.1, 0.15) is 31.2 Å². The summed E-state index contributed by atoms with van der Waals surface area (Å²) < 4.78 is 5.18. The molecule has 0 saturated heterocycles. The fraction of sp³-hybridized carbons (Fsp3) is 0.462. The van der Waals surface area contributed by atoms with Crippen LogP contribution in [0.15, 0.2) is 24.3 Å². The summed E-state index contributed by atoms with van der Waals surface area (Å²) in [5, 5.41) is 0. The third kappa shape index (κ3) is 5.71. The molecule has 2 N–H and O–H groups in total. The molecule has 0 heterocycles. The van der Waals surface area contributed by atoms with Crippen molar-refractivity contribution in [1.82, 2.24) is 0 Å². The lowest BCUT2D eigenvalue weighted by molar-refractivity contribution is -0.134. The summed E-state index contributed by atoms with van der Waals surface area (Å²) in [5.74, 6) is 0.844. The lowest BCUT2D eigenvalue weighted by Crippen LogP contribution is -2.08. The van der Waals surface area contributed by atoms with Crippen LogP contribution in [0, 0.1) is 0 Å². The van der Waals surface area contributed by atoms with Crippen molar-refractivity contribution in [3.05, 3.63) is 29.8 Å². The molecule has 0 bridgehead atoms. The van der Waals surface area contributed by atoms with Crippen LogP contribution in [0.5, 0.6) is 5.75 Å². The third-order valence-electron chi connectivity index (χ3n) is 2.39. The minimum Gasteiger partial charge on any atom is -0.427 e. The summed E-state index contributed by atoms with van der Waals surface area (Å²) in [5.41, 5.74) is 6.38. The average molecular weight is 256 g/mol. The fourth-order valence-corrected chi connectivity index (χ4v) is 1.60. The largest absolute Gasteiger partial charge is 0.427 e. The van der Waals surface area contributed by atoms with Gasteiger partial charge in [-0.15, -0.1) is 11.6 Å². The first kappa shape index (κ1) is 14.0. The summed E-state index contributed by atoms with van der Waals surface area (Å²) in [4.78, 5) is 11.5. The molecule has 0 aliphatic rings. The van der Waals surface area contributed by atoms with Gasteiger partial charge < -0.3 is 10.5 Å². The number of rotatable bonds is 7. The van der Waals surface area contributed by atoms with Gasteiger partial charge in [-0.25, -0.2) is 0 Å². The number of alkyl halides is 1. The fourth-order valence-electron chi connectivity index (χ4n) is 1.42. The zero-order valence-electron chi connectivity index (χ0n) is 9.82. The minimum absolute atomic E-state index is 0.194. The molecule has 0 aliphatic carbocycles.